The molecule has 4 aromatic rings. The second-order valence-electron chi connectivity index (χ2n) is 6.18. The van der Waals surface area contributed by atoms with E-state index >= 15 is 0 Å². The van der Waals surface area contributed by atoms with Gasteiger partial charge in [-0.05, 0) is 23.8 Å². The number of aliphatic hydroxyl groups excluding tert-OH is 1. The maximum absolute atomic E-state index is 12.5. The highest BCUT2D eigenvalue weighted by atomic mass is 35.5. The predicted octanol–water partition coefficient (Wildman–Crippen LogP) is 2.65. The van der Waals surface area contributed by atoms with Gasteiger partial charge in [-0.1, -0.05) is 40.5 Å². The van der Waals surface area contributed by atoms with Gasteiger partial charge in [-0.25, -0.2) is 4.68 Å². The molecule has 2 N–H and O–H groups in total. The molecule has 0 spiro atoms. The first kappa shape index (κ1) is 19.3. The van der Waals surface area contributed by atoms with Crippen LogP contribution in [0.15, 0.2) is 52.0 Å². The average Bonchev–Trinajstić information content (AvgIpc) is 3.38. The topological polar surface area (TPSA) is 123 Å². The number of aromatic nitrogens is 6. The Kier molecular flexibility index (Phi) is 5.43. The summed E-state index contributed by atoms with van der Waals surface area (Å²) in [6.07, 6.45) is 2.34. The molecular formula is C18H14Cl2N6O3. The van der Waals surface area contributed by atoms with Crippen molar-refractivity contribution < 1.29 is 9.63 Å². The summed E-state index contributed by atoms with van der Waals surface area (Å²) in [5.74, 6) is 0.471. The van der Waals surface area contributed by atoms with Crippen LogP contribution in [-0.2, 0) is 13.0 Å². The molecule has 0 saturated carbocycles. The summed E-state index contributed by atoms with van der Waals surface area (Å²) in [5, 5.41) is 25.4. The van der Waals surface area contributed by atoms with Crippen molar-refractivity contribution in [3.05, 3.63) is 80.4 Å². The summed E-state index contributed by atoms with van der Waals surface area (Å²) >= 11 is 12.0. The molecule has 0 aliphatic carbocycles. The number of nitrogens with zero attached hydrogens (tertiary/aromatic N) is 5. The monoisotopic (exact) mass is 432 g/mol. The Morgan fingerprint density at radius 2 is 2.00 bits per heavy atom. The molecule has 3 aromatic heterocycles. The van der Waals surface area contributed by atoms with Gasteiger partial charge in [-0.15, -0.1) is 0 Å². The summed E-state index contributed by atoms with van der Waals surface area (Å²) in [7, 11) is 0. The lowest BCUT2D eigenvalue weighted by Gasteiger charge is -2.08. The molecule has 0 bridgehead atoms. The maximum atomic E-state index is 12.5. The first-order valence-corrected chi connectivity index (χ1v) is 9.27. The van der Waals surface area contributed by atoms with Crippen LogP contribution in [0.4, 0.5) is 0 Å². The summed E-state index contributed by atoms with van der Waals surface area (Å²) in [6, 6.07) is 8.51. The van der Waals surface area contributed by atoms with E-state index in [9.17, 15) is 9.90 Å². The molecule has 4 rings (SSSR count). The Morgan fingerprint density at radius 3 is 2.72 bits per heavy atom. The van der Waals surface area contributed by atoms with Crippen molar-refractivity contribution >= 4 is 23.2 Å². The Balaban J connectivity index is 1.48. The van der Waals surface area contributed by atoms with Crippen molar-refractivity contribution in [3.8, 4) is 11.3 Å². The van der Waals surface area contributed by atoms with Crippen molar-refractivity contribution in [1.29, 1.82) is 0 Å². The third-order valence-electron chi connectivity index (χ3n) is 4.20. The zero-order valence-corrected chi connectivity index (χ0v) is 16.3. The van der Waals surface area contributed by atoms with E-state index in [4.69, 9.17) is 27.7 Å². The van der Waals surface area contributed by atoms with Crippen molar-refractivity contribution in [2.24, 2.45) is 0 Å². The van der Waals surface area contributed by atoms with Crippen molar-refractivity contribution in [2.45, 2.75) is 19.1 Å². The predicted molar refractivity (Wildman–Crippen MR) is 105 cm³/mol. The average molecular weight is 433 g/mol. The second kappa shape index (κ2) is 8.16. The molecule has 29 heavy (non-hydrogen) atoms. The van der Waals surface area contributed by atoms with Crippen LogP contribution in [-0.4, -0.2) is 35.2 Å². The van der Waals surface area contributed by atoms with E-state index in [0.29, 0.717) is 27.7 Å². The molecular weight excluding hydrogens is 419 g/mol. The summed E-state index contributed by atoms with van der Waals surface area (Å²) in [4.78, 5) is 16.7. The number of rotatable bonds is 6. The minimum Gasteiger partial charge on any atom is -0.388 e. The third-order valence-corrected chi connectivity index (χ3v) is 4.82. The van der Waals surface area contributed by atoms with Gasteiger partial charge < -0.3 is 9.63 Å². The first-order valence-electron chi connectivity index (χ1n) is 8.51. The summed E-state index contributed by atoms with van der Waals surface area (Å²) in [6.45, 7) is -0.0498. The molecule has 0 saturated heterocycles. The van der Waals surface area contributed by atoms with Gasteiger partial charge in [0, 0.05) is 23.2 Å². The van der Waals surface area contributed by atoms with Crippen LogP contribution in [0.1, 0.15) is 23.4 Å². The van der Waals surface area contributed by atoms with Crippen molar-refractivity contribution in [1.82, 2.24) is 30.1 Å². The van der Waals surface area contributed by atoms with E-state index in [1.165, 1.54) is 6.20 Å². The normalized spacial score (nSPS) is 12.2. The van der Waals surface area contributed by atoms with Crippen LogP contribution < -0.4 is 5.56 Å². The van der Waals surface area contributed by atoms with E-state index in [2.05, 4.69) is 25.4 Å². The number of H-pyrrole nitrogens is 1. The number of hydrogen-bond donors (Lipinski definition) is 2. The minimum absolute atomic E-state index is 0.00199. The lowest BCUT2D eigenvalue weighted by atomic mass is 10.1. The van der Waals surface area contributed by atoms with E-state index < -0.39 is 11.7 Å². The zero-order valence-electron chi connectivity index (χ0n) is 14.8. The molecule has 0 fully saturated rings. The molecule has 11 heteroatoms. The fraction of sp³-hybridized carbons (Fsp3) is 0.167. The first-order chi connectivity index (χ1) is 14.0. The maximum Gasteiger partial charge on any atom is 0.286 e. The number of aliphatic hydroxyl groups is 1. The van der Waals surface area contributed by atoms with Gasteiger partial charge in [0.2, 0.25) is 5.89 Å². The van der Waals surface area contributed by atoms with Crippen LogP contribution in [0.25, 0.3) is 11.3 Å². The van der Waals surface area contributed by atoms with Crippen LogP contribution in [0.2, 0.25) is 10.0 Å². The molecule has 0 amide bonds. The number of hydrogen-bond acceptors (Lipinski definition) is 7. The molecule has 0 unspecified atom stereocenters. The third kappa shape index (κ3) is 4.21. The van der Waals surface area contributed by atoms with Crippen molar-refractivity contribution in [3.63, 3.8) is 0 Å². The fourth-order valence-corrected chi connectivity index (χ4v) is 3.09. The van der Waals surface area contributed by atoms with Crippen molar-refractivity contribution in [2.75, 3.05) is 0 Å². The quantitative estimate of drug-likeness (QED) is 0.479. The SMILES string of the molecule is O=c1c(Cl)c(-c2ccn[nH]2)cnn1Cc1nc(C[C@H](O)c2ccc(Cl)cc2)no1. The van der Waals surface area contributed by atoms with Crippen LogP contribution in [0.5, 0.6) is 0 Å². The molecule has 0 aliphatic rings. The number of benzene rings is 1. The highest BCUT2D eigenvalue weighted by molar-refractivity contribution is 6.33. The summed E-state index contributed by atoms with van der Waals surface area (Å²) < 4.78 is 6.29. The largest absolute Gasteiger partial charge is 0.388 e. The van der Waals surface area contributed by atoms with Gasteiger partial charge in [0.05, 0.1) is 18.0 Å². The Bertz CT molecular complexity index is 1170. The highest BCUT2D eigenvalue weighted by Gasteiger charge is 2.17. The van der Waals surface area contributed by atoms with Gasteiger partial charge in [0.25, 0.3) is 5.56 Å². The van der Waals surface area contributed by atoms with Crippen LogP contribution >= 0.6 is 23.2 Å². The van der Waals surface area contributed by atoms with Crippen LogP contribution in [0.3, 0.4) is 0 Å². The second-order valence-corrected chi connectivity index (χ2v) is 7.00. The minimum atomic E-state index is -0.818. The number of halogens is 2. The molecule has 3 heterocycles. The highest BCUT2D eigenvalue weighted by Crippen LogP contribution is 2.22. The molecule has 1 atom stereocenters. The Labute approximate surface area is 173 Å². The van der Waals surface area contributed by atoms with E-state index in [1.54, 1.807) is 36.5 Å². The van der Waals surface area contributed by atoms with E-state index in [-0.39, 0.29) is 23.9 Å². The molecule has 0 aliphatic heterocycles. The Hall–Kier alpha value is -3.01. The smallest absolute Gasteiger partial charge is 0.286 e. The van der Waals surface area contributed by atoms with Gasteiger partial charge in [0.1, 0.15) is 11.6 Å². The molecule has 0 radical (unpaired) electrons. The lowest BCUT2D eigenvalue weighted by Crippen LogP contribution is -2.24. The fourth-order valence-electron chi connectivity index (χ4n) is 2.71. The molecule has 1 aromatic carbocycles. The number of nitrogens with one attached hydrogen (secondary N) is 1. The van der Waals surface area contributed by atoms with E-state index in [0.717, 1.165) is 4.68 Å². The summed E-state index contributed by atoms with van der Waals surface area (Å²) in [5.41, 5.74) is 1.21. The molecule has 9 nitrogen and oxygen atoms in total. The zero-order chi connectivity index (χ0) is 20.4. The van der Waals surface area contributed by atoms with Gasteiger partial charge in [-0.2, -0.15) is 15.2 Å². The van der Waals surface area contributed by atoms with Gasteiger partial charge in [-0.3, -0.25) is 9.89 Å². The number of aromatic amines is 1. The standard InChI is InChI=1S/C18H14Cl2N6O3/c19-11-3-1-10(2-4-11)14(27)7-15-23-16(29-25-15)9-26-18(28)17(20)12(8-22-26)13-5-6-21-24-13/h1-6,8,14,27H,7,9H2,(H,21,24)/t14-/m0/s1. The lowest BCUT2D eigenvalue weighted by molar-refractivity contribution is 0.174. The van der Waals surface area contributed by atoms with E-state index in [1.807, 2.05) is 0 Å². The molecule has 148 valence electrons. The Morgan fingerprint density at radius 1 is 1.21 bits per heavy atom. The van der Waals surface area contributed by atoms with Gasteiger partial charge >= 0.3 is 0 Å². The van der Waals surface area contributed by atoms with Gasteiger partial charge in [0.15, 0.2) is 5.82 Å². The van der Waals surface area contributed by atoms with Crippen LogP contribution in [0, 0.1) is 0 Å².